The Kier molecular flexibility index (Phi) is 4.68. The van der Waals surface area contributed by atoms with Gasteiger partial charge >= 0.3 is 0 Å². The Morgan fingerprint density at radius 1 is 1.39 bits per heavy atom. The Morgan fingerprint density at radius 3 is 2.96 bits per heavy atom. The van der Waals surface area contributed by atoms with Crippen LogP contribution in [0.15, 0.2) is 24.3 Å². The number of fused-ring (bicyclic) bond motifs is 1. The van der Waals surface area contributed by atoms with E-state index in [9.17, 15) is 0 Å². The summed E-state index contributed by atoms with van der Waals surface area (Å²) in [5, 5.41) is 17.2. The molecule has 0 fully saturated rings. The van der Waals surface area contributed by atoms with E-state index in [-0.39, 0.29) is 6.61 Å². The van der Waals surface area contributed by atoms with Crippen LogP contribution in [0, 0.1) is 13.8 Å². The fraction of sp³-hybridized carbons (Fsp3) is 0.500. The van der Waals surface area contributed by atoms with Crippen LogP contribution in [0.1, 0.15) is 35.4 Å². The van der Waals surface area contributed by atoms with Gasteiger partial charge in [-0.1, -0.05) is 18.2 Å². The normalized spacial score (nSPS) is 17.8. The number of aliphatic hydroxyl groups is 1. The van der Waals surface area contributed by atoms with Crippen molar-refractivity contribution in [2.24, 2.45) is 0 Å². The number of hydrogen-bond donors (Lipinski definition) is 2. The summed E-state index contributed by atoms with van der Waals surface area (Å²) in [4.78, 5) is 0. The van der Waals surface area contributed by atoms with Gasteiger partial charge in [-0.2, -0.15) is 5.10 Å². The van der Waals surface area contributed by atoms with Crippen LogP contribution >= 0.6 is 0 Å². The summed E-state index contributed by atoms with van der Waals surface area (Å²) >= 11 is 0. The van der Waals surface area contributed by atoms with Crippen LogP contribution in [-0.4, -0.2) is 34.1 Å². The van der Waals surface area contributed by atoms with E-state index in [1.165, 1.54) is 11.1 Å². The van der Waals surface area contributed by atoms with Crippen molar-refractivity contribution in [3.8, 4) is 5.75 Å². The van der Waals surface area contributed by atoms with E-state index in [1.807, 2.05) is 23.7 Å². The molecule has 2 atom stereocenters. The SMILES string of the molecule is Cc1nn(CCO)c(C)c1CNC(C)C1COc2ccccc21. The number of ether oxygens (including phenoxy) is 1. The number of para-hydroxylation sites is 1. The molecule has 124 valence electrons. The highest BCUT2D eigenvalue weighted by molar-refractivity contribution is 5.40. The summed E-state index contributed by atoms with van der Waals surface area (Å²) in [7, 11) is 0. The lowest BCUT2D eigenvalue weighted by Crippen LogP contribution is -2.32. The van der Waals surface area contributed by atoms with Gasteiger partial charge in [0.25, 0.3) is 0 Å². The zero-order chi connectivity index (χ0) is 16.4. The van der Waals surface area contributed by atoms with E-state index in [0.717, 1.165) is 30.3 Å². The molecule has 1 aromatic carbocycles. The molecule has 5 nitrogen and oxygen atoms in total. The standard InChI is InChI=1S/C18H25N3O2/c1-12(17-11-23-18-7-5-4-6-15(17)18)19-10-16-13(2)20-21(8-9-22)14(16)3/h4-7,12,17,19,22H,8-11H2,1-3H3. The lowest BCUT2D eigenvalue weighted by molar-refractivity contribution is 0.267. The molecule has 0 bridgehead atoms. The van der Waals surface area contributed by atoms with Crippen LogP contribution in [0.3, 0.4) is 0 Å². The average Bonchev–Trinajstić information content (AvgIpc) is 3.08. The van der Waals surface area contributed by atoms with Gasteiger partial charge in [0.15, 0.2) is 0 Å². The number of rotatable bonds is 6. The molecule has 2 aromatic rings. The van der Waals surface area contributed by atoms with Crippen molar-refractivity contribution in [2.45, 2.75) is 45.8 Å². The van der Waals surface area contributed by atoms with E-state index in [0.29, 0.717) is 18.5 Å². The molecule has 5 heteroatoms. The van der Waals surface area contributed by atoms with E-state index in [1.54, 1.807) is 0 Å². The number of aromatic nitrogens is 2. The molecule has 0 spiro atoms. The zero-order valence-electron chi connectivity index (χ0n) is 14.0. The Morgan fingerprint density at radius 2 is 2.17 bits per heavy atom. The van der Waals surface area contributed by atoms with Crippen LogP contribution in [0.2, 0.25) is 0 Å². The molecule has 1 aromatic heterocycles. The number of nitrogens with zero attached hydrogens (tertiary/aromatic N) is 2. The maximum atomic E-state index is 9.11. The first kappa shape index (κ1) is 16.0. The summed E-state index contributed by atoms with van der Waals surface area (Å²) in [6, 6.07) is 8.59. The third-order valence-electron chi connectivity index (χ3n) is 4.78. The Bertz CT molecular complexity index is 681. The maximum Gasteiger partial charge on any atom is 0.122 e. The molecule has 2 unspecified atom stereocenters. The second-order valence-electron chi connectivity index (χ2n) is 6.22. The topological polar surface area (TPSA) is 59.3 Å². The fourth-order valence-electron chi connectivity index (χ4n) is 3.31. The van der Waals surface area contributed by atoms with Gasteiger partial charge in [0.05, 0.1) is 25.5 Å². The number of aliphatic hydroxyl groups excluding tert-OH is 1. The molecule has 23 heavy (non-hydrogen) atoms. The molecular formula is C18H25N3O2. The van der Waals surface area contributed by atoms with Crippen molar-refractivity contribution in [1.82, 2.24) is 15.1 Å². The lowest BCUT2D eigenvalue weighted by atomic mass is 9.94. The van der Waals surface area contributed by atoms with Crippen LogP contribution in [0.5, 0.6) is 5.75 Å². The lowest BCUT2D eigenvalue weighted by Gasteiger charge is -2.20. The Hall–Kier alpha value is -1.85. The predicted molar refractivity (Wildman–Crippen MR) is 89.8 cm³/mol. The third kappa shape index (κ3) is 3.12. The number of benzene rings is 1. The number of hydrogen-bond acceptors (Lipinski definition) is 4. The van der Waals surface area contributed by atoms with Crippen molar-refractivity contribution in [3.63, 3.8) is 0 Å². The van der Waals surface area contributed by atoms with Crippen molar-refractivity contribution < 1.29 is 9.84 Å². The van der Waals surface area contributed by atoms with Crippen molar-refractivity contribution in [3.05, 3.63) is 46.8 Å². The monoisotopic (exact) mass is 315 g/mol. The van der Waals surface area contributed by atoms with E-state index < -0.39 is 0 Å². The highest BCUT2D eigenvalue weighted by Gasteiger charge is 2.28. The quantitative estimate of drug-likeness (QED) is 0.857. The average molecular weight is 315 g/mol. The van der Waals surface area contributed by atoms with Gasteiger partial charge in [-0.15, -0.1) is 0 Å². The molecular weight excluding hydrogens is 290 g/mol. The van der Waals surface area contributed by atoms with Crippen LogP contribution in [0.25, 0.3) is 0 Å². The summed E-state index contributed by atoms with van der Waals surface area (Å²) in [6.07, 6.45) is 0. The van der Waals surface area contributed by atoms with E-state index in [4.69, 9.17) is 9.84 Å². The van der Waals surface area contributed by atoms with Gasteiger partial charge in [-0.05, 0) is 26.8 Å². The molecule has 1 aliphatic heterocycles. The summed E-state index contributed by atoms with van der Waals surface area (Å²) in [5.41, 5.74) is 4.66. The Balaban J connectivity index is 1.67. The predicted octanol–water partition coefficient (Wildman–Crippen LogP) is 2.15. The molecule has 0 radical (unpaired) electrons. The molecule has 0 amide bonds. The molecule has 2 heterocycles. The number of aryl methyl sites for hydroxylation is 1. The van der Waals surface area contributed by atoms with Crippen LogP contribution in [-0.2, 0) is 13.1 Å². The van der Waals surface area contributed by atoms with Gasteiger partial charge < -0.3 is 15.2 Å². The minimum absolute atomic E-state index is 0.113. The van der Waals surface area contributed by atoms with Gasteiger partial charge in [0.1, 0.15) is 5.75 Å². The minimum atomic E-state index is 0.113. The third-order valence-corrected chi connectivity index (χ3v) is 4.78. The second kappa shape index (κ2) is 6.72. The minimum Gasteiger partial charge on any atom is -0.493 e. The number of nitrogens with one attached hydrogen (secondary N) is 1. The van der Waals surface area contributed by atoms with Crippen molar-refractivity contribution in [1.29, 1.82) is 0 Å². The van der Waals surface area contributed by atoms with E-state index >= 15 is 0 Å². The van der Waals surface area contributed by atoms with Gasteiger partial charge in [-0.25, -0.2) is 0 Å². The van der Waals surface area contributed by atoms with Gasteiger partial charge in [-0.3, -0.25) is 4.68 Å². The first-order valence-electron chi connectivity index (χ1n) is 8.20. The van der Waals surface area contributed by atoms with Gasteiger partial charge in [0.2, 0.25) is 0 Å². The molecule has 0 aliphatic carbocycles. The first-order valence-corrected chi connectivity index (χ1v) is 8.20. The first-order chi connectivity index (χ1) is 11.1. The summed E-state index contributed by atoms with van der Waals surface area (Å²) < 4.78 is 7.66. The largest absolute Gasteiger partial charge is 0.493 e. The molecule has 0 saturated heterocycles. The highest BCUT2D eigenvalue weighted by Crippen LogP contribution is 2.35. The van der Waals surface area contributed by atoms with Crippen LogP contribution in [0.4, 0.5) is 0 Å². The van der Waals surface area contributed by atoms with Crippen molar-refractivity contribution >= 4 is 0 Å². The van der Waals surface area contributed by atoms with E-state index in [2.05, 4.69) is 36.4 Å². The molecule has 0 saturated carbocycles. The van der Waals surface area contributed by atoms with Crippen LogP contribution < -0.4 is 10.1 Å². The van der Waals surface area contributed by atoms with Gasteiger partial charge in [0, 0.05) is 35.3 Å². The second-order valence-corrected chi connectivity index (χ2v) is 6.22. The molecule has 1 aliphatic rings. The Labute approximate surface area is 137 Å². The molecule has 3 rings (SSSR count). The smallest absolute Gasteiger partial charge is 0.122 e. The maximum absolute atomic E-state index is 9.11. The summed E-state index contributed by atoms with van der Waals surface area (Å²) in [5.74, 6) is 1.38. The molecule has 2 N–H and O–H groups in total. The fourth-order valence-corrected chi connectivity index (χ4v) is 3.31. The summed E-state index contributed by atoms with van der Waals surface area (Å²) in [6.45, 7) is 8.46. The zero-order valence-corrected chi connectivity index (χ0v) is 14.0. The van der Waals surface area contributed by atoms with Crippen molar-refractivity contribution in [2.75, 3.05) is 13.2 Å². The highest BCUT2D eigenvalue weighted by atomic mass is 16.5.